The zero-order valence-corrected chi connectivity index (χ0v) is 13.2. The summed E-state index contributed by atoms with van der Waals surface area (Å²) in [6.07, 6.45) is 1.77. The van der Waals surface area contributed by atoms with Crippen LogP contribution in [0.15, 0.2) is 46.3 Å². The molecule has 0 aliphatic carbocycles. The van der Waals surface area contributed by atoms with E-state index in [1.807, 2.05) is 36.6 Å². The average molecular weight is 312 g/mol. The van der Waals surface area contributed by atoms with Crippen molar-refractivity contribution in [3.63, 3.8) is 0 Å². The van der Waals surface area contributed by atoms with Gasteiger partial charge in [-0.15, -0.1) is 11.3 Å². The molecule has 0 aromatic carbocycles. The van der Waals surface area contributed by atoms with Crippen LogP contribution in [0.5, 0.6) is 0 Å². The van der Waals surface area contributed by atoms with Crippen LogP contribution in [-0.4, -0.2) is 10.9 Å². The van der Waals surface area contributed by atoms with E-state index in [-0.39, 0.29) is 5.91 Å². The molecule has 4 nitrogen and oxygen atoms in total. The number of hydrogen-bond acceptors (Lipinski definition) is 4. The fraction of sp³-hybridized carbons (Fsp3) is 0.176. The zero-order valence-electron chi connectivity index (χ0n) is 12.4. The highest BCUT2D eigenvalue weighted by atomic mass is 32.1. The quantitative estimate of drug-likeness (QED) is 0.793. The van der Waals surface area contributed by atoms with Gasteiger partial charge in [-0.05, 0) is 49.1 Å². The Kier molecular flexibility index (Phi) is 4.06. The van der Waals surface area contributed by atoms with Gasteiger partial charge in [0.2, 0.25) is 0 Å². The second-order valence-electron chi connectivity index (χ2n) is 5.04. The van der Waals surface area contributed by atoms with Gasteiger partial charge >= 0.3 is 0 Å². The Balaban J connectivity index is 1.70. The molecule has 0 spiro atoms. The Hall–Kier alpha value is -2.40. The molecule has 0 saturated heterocycles. The smallest absolute Gasteiger partial charge is 0.255 e. The zero-order chi connectivity index (χ0) is 15.5. The number of nitrogens with zero attached hydrogens (tertiary/aromatic N) is 1. The van der Waals surface area contributed by atoms with Gasteiger partial charge in [0.05, 0.1) is 16.1 Å². The summed E-state index contributed by atoms with van der Waals surface area (Å²) in [5.41, 5.74) is 2.53. The van der Waals surface area contributed by atoms with Crippen molar-refractivity contribution in [2.75, 3.05) is 0 Å². The van der Waals surface area contributed by atoms with E-state index < -0.39 is 0 Å². The van der Waals surface area contributed by atoms with E-state index in [0.29, 0.717) is 17.9 Å². The first-order chi connectivity index (χ1) is 10.6. The molecule has 0 bridgehead atoms. The molecule has 0 aliphatic heterocycles. The van der Waals surface area contributed by atoms with Gasteiger partial charge in [0.15, 0.2) is 0 Å². The molecular formula is C17H16N2O2S. The molecule has 3 aromatic rings. The maximum atomic E-state index is 12.2. The lowest BCUT2D eigenvalue weighted by atomic mass is 10.2. The minimum Gasteiger partial charge on any atom is -0.466 e. The fourth-order valence-corrected chi connectivity index (χ4v) is 2.97. The van der Waals surface area contributed by atoms with Gasteiger partial charge in [-0.2, -0.15) is 0 Å². The molecule has 0 fully saturated rings. The van der Waals surface area contributed by atoms with E-state index >= 15 is 0 Å². The number of furan rings is 1. The van der Waals surface area contributed by atoms with Gasteiger partial charge < -0.3 is 9.73 Å². The molecular weight excluding hydrogens is 296 g/mol. The van der Waals surface area contributed by atoms with Crippen LogP contribution in [0.4, 0.5) is 0 Å². The minimum atomic E-state index is -0.121. The van der Waals surface area contributed by atoms with Crippen LogP contribution < -0.4 is 5.32 Å². The second-order valence-corrected chi connectivity index (χ2v) is 5.98. The molecule has 5 heteroatoms. The number of aryl methyl sites for hydroxylation is 2. The third-order valence-corrected chi connectivity index (χ3v) is 4.23. The first-order valence-corrected chi connectivity index (χ1v) is 7.85. The summed E-state index contributed by atoms with van der Waals surface area (Å²) in [6, 6.07) is 9.70. The summed E-state index contributed by atoms with van der Waals surface area (Å²) in [4.78, 5) is 17.7. The summed E-state index contributed by atoms with van der Waals surface area (Å²) >= 11 is 1.65. The van der Waals surface area contributed by atoms with Crippen LogP contribution in [0, 0.1) is 13.8 Å². The number of aromatic nitrogens is 1. The van der Waals surface area contributed by atoms with E-state index in [1.165, 1.54) is 0 Å². The lowest BCUT2D eigenvalue weighted by Crippen LogP contribution is -2.23. The summed E-state index contributed by atoms with van der Waals surface area (Å²) < 4.78 is 5.39. The topological polar surface area (TPSA) is 55.1 Å². The molecule has 1 N–H and O–H groups in total. The third kappa shape index (κ3) is 3.09. The molecule has 0 unspecified atom stereocenters. The first-order valence-electron chi connectivity index (χ1n) is 6.97. The van der Waals surface area contributed by atoms with Gasteiger partial charge in [-0.1, -0.05) is 6.07 Å². The highest BCUT2D eigenvalue weighted by Crippen LogP contribution is 2.23. The summed E-state index contributed by atoms with van der Waals surface area (Å²) in [5, 5.41) is 4.94. The number of nitrogens with one attached hydrogen (secondary N) is 1. The number of pyridine rings is 1. The van der Waals surface area contributed by atoms with E-state index in [1.54, 1.807) is 30.5 Å². The summed E-state index contributed by atoms with van der Waals surface area (Å²) in [6.45, 7) is 4.09. The van der Waals surface area contributed by atoms with Crippen molar-refractivity contribution in [3.8, 4) is 10.6 Å². The Morgan fingerprint density at radius 1 is 1.32 bits per heavy atom. The van der Waals surface area contributed by atoms with Crippen LogP contribution >= 0.6 is 11.3 Å². The predicted octanol–water partition coefficient (Wildman–Crippen LogP) is 3.95. The van der Waals surface area contributed by atoms with Gasteiger partial charge in [-0.25, -0.2) is 0 Å². The highest BCUT2D eigenvalue weighted by molar-refractivity contribution is 7.13. The molecule has 22 heavy (non-hydrogen) atoms. The number of rotatable bonds is 4. The standard InChI is InChI=1S/C17H16N2O2S/c1-11-8-14(12(2)21-11)17(20)19-10-13-5-6-18-15(9-13)16-4-3-7-22-16/h3-9H,10H2,1-2H3,(H,19,20). The number of thiophene rings is 1. The van der Waals surface area contributed by atoms with Crippen LogP contribution in [0.2, 0.25) is 0 Å². The van der Waals surface area contributed by atoms with Gasteiger partial charge in [0, 0.05) is 12.7 Å². The second kappa shape index (κ2) is 6.15. The van der Waals surface area contributed by atoms with Crippen LogP contribution in [0.25, 0.3) is 10.6 Å². The minimum absolute atomic E-state index is 0.121. The molecule has 0 radical (unpaired) electrons. The number of carbonyl (C=O) groups excluding carboxylic acids is 1. The van der Waals surface area contributed by atoms with Crippen molar-refractivity contribution in [1.82, 2.24) is 10.3 Å². The van der Waals surface area contributed by atoms with E-state index in [2.05, 4.69) is 10.3 Å². The fourth-order valence-electron chi connectivity index (χ4n) is 2.28. The molecule has 1 amide bonds. The van der Waals surface area contributed by atoms with Gasteiger partial charge in [0.25, 0.3) is 5.91 Å². The molecule has 0 atom stereocenters. The van der Waals surface area contributed by atoms with Crippen LogP contribution in [0.3, 0.4) is 0 Å². The van der Waals surface area contributed by atoms with Crippen molar-refractivity contribution < 1.29 is 9.21 Å². The van der Waals surface area contributed by atoms with Crippen molar-refractivity contribution in [2.45, 2.75) is 20.4 Å². The summed E-state index contributed by atoms with van der Waals surface area (Å²) in [5.74, 6) is 1.26. The molecule has 0 saturated carbocycles. The Morgan fingerprint density at radius 3 is 2.86 bits per heavy atom. The Morgan fingerprint density at radius 2 is 2.18 bits per heavy atom. The number of carbonyl (C=O) groups is 1. The Bertz CT molecular complexity index is 791. The molecule has 3 heterocycles. The van der Waals surface area contributed by atoms with Crippen molar-refractivity contribution in [2.24, 2.45) is 0 Å². The first kappa shape index (κ1) is 14.5. The van der Waals surface area contributed by atoms with Gasteiger partial charge in [0.1, 0.15) is 11.5 Å². The lowest BCUT2D eigenvalue weighted by Gasteiger charge is -2.06. The van der Waals surface area contributed by atoms with E-state index in [4.69, 9.17) is 4.42 Å². The average Bonchev–Trinajstić information content (AvgIpc) is 3.15. The van der Waals surface area contributed by atoms with Crippen LogP contribution in [0.1, 0.15) is 27.4 Å². The van der Waals surface area contributed by atoms with Crippen molar-refractivity contribution >= 4 is 17.2 Å². The van der Waals surface area contributed by atoms with Crippen molar-refractivity contribution in [3.05, 3.63) is 64.6 Å². The summed E-state index contributed by atoms with van der Waals surface area (Å²) in [7, 11) is 0. The Labute approximate surface area is 132 Å². The normalized spacial score (nSPS) is 10.6. The largest absolute Gasteiger partial charge is 0.466 e. The number of amides is 1. The molecule has 3 aromatic heterocycles. The molecule has 0 aliphatic rings. The van der Waals surface area contributed by atoms with Crippen molar-refractivity contribution in [1.29, 1.82) is 0 Å². The maximum absolute atomic E-state index is 12.2. The SMILES string of the molecule is Cc1cc(C(=O)NCc2ccnc(-c3cccs3)c2)c(C)o1. The number of hydrogen-bond donors (Lipinski definition) is 1. The maximum Gasteiger partial charge on any atom is 0.255 e. The van der Waals surface area contributed by atoms with E-state index in [9.17, 15) is 4.79 Å². The van der Waals surface area contributed by atoms with Gasteiger partial charge in [-0.3, -0.25) is 9.78 Å². The monoisotopic (exact) mass is 312 g/mol. The van der Waals surface area contributed by atoms with E-state index in [0.717, 1.165) is 21.9 Å². The molecule has 112 valence electrons. The molecule has 3 rings (SSSR count). The third-order valence-electron chi connectivity index (χ3n) is 3.34. The van der Waals surface area contributed by atoms with Crippen LogP contribution in [-0.2, 0) is 6.54 Å². The predicted molar refractivity (Wildman–Crippen MR) is 86.9 cm³/mol. The highest BCUT2D eigenvalue weighted by Gasteiger charge is 2.13. The lowest BCUT2D eigenvalue weighted by molar-refractivity contribution is 0.0949.